The summed E-state index contributed by atoms with van der Waals surface area (Å²) in [5.41, 5.74) is 1.90. The standard InChI is InChI=1S/C15H27N3OS/c1-14(2,3)13-12(10-18(4)17-13)9-16-11-15(19)5-7-20-8-6-15/h10,16,19H,5-9,11H2,1-4H3. The van der Waals surface area contributed by atoms with E-state index in [4.69, 9.17) is 0 Å². The number of nitrogens with zero attached hydrogens (tertiary/aromatic N) is 2. The van der Waals surface area contributed by atoms with Crippen LogP contribution >= 0.6 is 11.8 Å². The van der Waals surface area contributed by atoms with E-state index < -0.39 is 5.60 Å². The fourth-order valence-electron chi connectivity index (χ4n) is 2.66. The average molecular weight is 297 g/mol. The van der Waals surface area contributed by atoms with Gasteiger partial charge in [-0.3, -0.25) is 4.68 Å². The lowest BCUT2D eigenvalue weighted by atomic mass is 9.89. The van der Waals surface area contributed by atoms with Crippen molar-refractivity contribution in [3.63, 3.8) is 0 Å². The molecule has 1 saturated heterocycles. The minimum atomic E-state index is -0.518. The van der Waals surface area contributed by atoms with Crippen molar-refractivity contribution in [1.82, 2.24) is 15.1 Å². The lowest BCUT2D eigenvalue weighted by Crippen LogP contribution is -2.43. The van der Waals surface area contributed by atoms with Crippen LogP contribution in [0.4, 0.5) is 0 Å². The molecule has 1 aromatic heterocycles. The Morgan fingerprint density at radius 3 is 2.65 bits per heavy atom. The van der Waals surface area contributed by atoms with Crippen molar-refractivity contribution >= 4 is 11.8 Å². The van der Waals surface area contributed by atoms with Gasteiger partial charge in [0.1, 0.15) is 0 Å². The average Bonchev–Trinajstić information content (AvgIpc) is 2.71. The summed E-state index contributed by atoms with van der Waals surface area (Å²) >= 11 is 1.94. The molecule has 4 nitrogen and oxygen atoms in total. The number of nitrogens with one attached hydrogen (secondary N) is 1. The van der Waals surface area contributed by atoms with Crippen LogP contribution in [-0.2, 0) is 19.0 Å². The summed E-state index contributed by atoms with van der Waals surface area (Å²) in [6, 6.07) is 0. The summed E-state index contributed by atoms with van der Waals surface area (Å²) in [4.78, 5) is 0. The second-order valence-corrected chi connectivity index (χ2v) is 8.09. The van der Waals surface area contributed by atoms with E-state index in [0.717, 1.165) is 36.6 Å². The molecule has 1 fully saturated rings. The number of aromatic nitrogens is 2. The number of aryl methyl sites for hydroxylation is 1. The molecule has 20 heavy (non-hydrogen) atoms. The van der Waals surface area contributed by atoms with Crippen LogP contribution in [0, 0.1) is 0 Å². The lowest BCUT2D eigenvalue weighted by molar-refractivity contribution is 0.0320. The lowest BCUT2D eigenvalue weighted by Gasteiger charge is -2.32. The Bertz CT molecular complexity index is 444. The number of thioether (sulfide) groups is 1. The van der Waals surface area contributed by atoms with Crippen LogP contribution in [0.25, 0.3) is 0 Å². The van der Waals surface area contributed by atoms with Crippen molar-refractivity contribution in [2.24, 2.45) is 7.05 Å². The summed E-state index contributed by atoms with van der Waals surface area (Å²) in [6.45, 7) is 8.00. The maximum atomic E-state index is 10.5. The largest absolute Gasteiger partial charge is 0.389 e. The number of aliphatic hydroxyl groups is 1. The molecular weight excluding hydrogens is 270 g/mol. The van der Waals surface area contributed by atoms with Crippen LogP contribution in [0.3, 0.4) is 0 Å². The zero-order valence-corrected chi connectivity index (χ0v) is 13.9. The normalized spacial score (nSPS) is 19.2. The molecule has 0 aromatic carbocycles. The minimum Gasteiger partial charge on any atom is -0.389 e. The monoisotopic (exact) mass is 297 g/mol. The van der Waals surface area contributed by atoms with Crippen molar-refractivity contribution in [3.8, 4) is 0 Å². The molecule has 1 aliphatic heterocycles. The van der Waals surface area contributed by atoms with Gasteiger partial charge in [0.2, 0.25) is 0 Å². The Morgan fingerprint density at radius 2 is 2.05 bits per heavy atom. The highest BCUT2D eigenvalue weighted by molar-refractivity contribution is 7.99. The second kappa shape index (κ2) is 6.08. The number of hydrogen-bond donors (Lipinski definition) is 2. The Kier molecular flexibility index (Phi) is 4.82. The molecule has 0 amide bonds. The van der Waals surface area contributed by atoms with Gasteiger partial charge in [-0.15, -0.1) is 0 Å². The Morgan fingerprint density at radius 1 is 1.40 bits per heavy atom. The van der Waals surface area contributed by atoms with Gasteiger partial charge in [-0.05, 0) is 24.3 Å². The Hall–Kier alpha value is -0.520. The molecule has 1 aliphatic rings. The molecule has 2 rings (SSSR count). The molecular formula is C15H27N3OS. The van der Waals surface area contributed by atoms with E-state index in [1.807, 2.05) is 23.5 Å². The summed E-state index contributed by atoms with van der Waals surface area (Å²) in [6.07, 6.45) is 3.86. The quantitative estimate of drug-likeness (QED) is 0.893. The summed E-state index contributed by atoms with van der Waals surface area (Å²) in [5, 5.41) is 18.5. The molecule has 2 heterocycles. The van der Waals surface area contributed by atoms with Crippen molar-refractivity contribution in [2.45, 2.75) is 51.2 Å². The van der Waals surface area contributed by atoms with Gasteiger partial charge < -0.3 is 10.4 Å². The molecule has 0 bridgehead atoms. The van der Waals surface area contributed by atoms with Crippen molar-refractivity contribution in [3.05, 3.63) is 17.5 Å². The molecule has 0 atom stereocenters. The highest BCUT2D eigenvalue weighted by atomic mass is 32.2. The van der Waals surface area contributed by atoms with E-state index in [1.165, 1.54) is 5.56 Å². The third-order valence-corrected chi connectivity index (χ3v) is 4.79. The third-order valence-electron chi connectivity index (χ3n) is 3.81. The van der Waals surface area contributed by atoms with E-state index in [2.05, 4.69) is 37.4 Å². The van der Waals surface area contributed by atoms with Crippen molar-refractivity contribution in [1.29, 1.82) is 0 Å². The maximum absolute atomic E-state index is 10.5. The van der Waals surface area contributed by atoms with Gasteiger partial charge in [0.15, 0.2) is 0 Å². The molecule has 114 valence electrons. The third kappa shape index (κ3) is 3.99. The van der Waals surface area contributed by atoms with Gasteiger partial charge in [0.05, 0.1) is 11.3 Å². The highest BCUT2D eigenvalue weighted by Gasteiger charge is 2.29. The minimum absolute atomic E-state index is 0.0522. The second-order valence-electron chi connectivity index (χ2n) is 6.87. The van der Waals surface area contributed by atoms with E-state index in [9.17, 15) is 5.11 Å². The van der Waals surface area contributed by atoms with E-state index >= 15 is 0 Å². The highest BCUT2D eigenvalue weighted by Crippen LogP contribution is 2.27. The van der Waals surface area contributed by atoms with Gasteiger partial charge in [-0.1, -0.05) is 20.8 Å². The zero-order chi connectivity index (χ0) is 14.8. The molecule has 0 radical (unpaired) electrons. The molecule has 2 N–H and O–H groups in total. The first-order valence-corrected chi connectivity index (χ1v) is 8.49. The van der Waals surface area contributed by atoms with Gasteiger partial charge in [0, 0.05) is 37.3 Å². The zero-order valence-electron chi connectivity index (χ0n) is 13.1. The van der Waals surface area contributed by atoms with Crippen LogP contribution < -0.4 is 5.32 Å². The van der Waals surface area contributed by atoms with Crippen molar-refractivity contribution in [2.75, 3.05) is 18.1 Å². The molecule has 0 saturated carbocycles. The van der Waals surface area contributed by atoms with Crippen LogP contribution in [-0.4, -0.2) is 38.5 Å². The van der Waals surface area contributed by atoms with Gasteiger partial charge in [0.25, 0.3) is 0 Å². The SMILES string of the molecule is Cn1cc(CNCC2(O)CCSCC2)c(C(C)(C)C)n1. The van der Waals surface area contributed by atoms with E-state index in [-0.39, 0.29) is 5.41 Å². The Balaban J connectivity index is 1.94. The van der Waals surface area contributed by atoms with Crippen LogP contribution in [0.15, 0.2) is 6.20 Å². The van der Waals surface area contributed by atoms with Gasteiger partial charge >= 0.3 is 0 Å². The van der Waals surface area contributed by atoms with Crippen LogP contribution in [0.1, 0.15) is 44.9 Å². The van der Waals surface area contributed by atoms with Gasteiger partial charge in [-0.2, -0.15) is 16.9 Å². The molecule has 0 unspecified atom stereocenters. The number of rotatable bonds is 4. The molecule has 5 heteroatoms. The molecule has 0 spiro atoms. The summed E-state index contributed by atoms with van der Waals surface area (Å²) < 4.78 is 1.88. The summed E-state index contributed by atoms with van der Waals surface area (Å²) in [7, 11) is 1.96. The first-order valence-electron chi connectivity index (χ1n) is 7.34. The molecule has 0 aliphatic carbocycles. The van der Waals surface area contributed by atoms with Crippen LogP contribution in [0.5, 0.6) is 0 Å². The Labute approximate surface area is 126 Å². The van der Waals surface area contributed by atoms with Crippen LogP contribution in [0.2, 0.25) is 0 Å². The predicted molar refractivity (Wildman–Crippen MR) is 85.1 cm³/mol. The summed E-state index contributed by atoms with van der Waals surface area (Å²) in [5.74, 6) is 2.14. The van der Waals surface area contributed by atoms with E-state index in [1.54, 1.807) is 0 Å². The molecule has 1 aromatic rings. The topological polar surface area (TPSA) is 50.1 Å². The fraction of sp³-hybridized carbons (Fsp3) is 0.800. The van der Waals surface area contributed by atoms with Crippen molar-refractivity contribution < 1.29 is 5.11 Å². The maximum Gasteiger partial charge on any atom is 0.0787 e. The predicted octanol–water partition coefficient (Wildman–Crippen LogP) is 2.07. The fourth-order valence-corrected chi connectivity index (χ4v) is 3.91. The first-order chi connectivity index (χ1) is 9.30. The first kappa shape index (κ1) is 15.9. The smallest absolute Gasteiger partial charge is 0.0787 e. The van der Waals surface area contributed by atoms with Gasteiger partial charge in [-0.25, -0.2) is 0 Å². The number of hydrogen-bond acceptors (Lipinski definition) is 4. The van der Waals surface area contributed by atoms with E-state index in [0.29, 0.717) is 6.54 Å².